The van der Waals surface area contributed by atoms with Crippen molar-refractivity contribution in [3.8, 4) is 0 Å². The minimum absolute atomic E-state index is 0.0882. The summed E-state index contributed by atoms with van der Waals surface area (Å²) >= 11 is 5.90. The number of pyridine rings is 1. The van der Waals surface area contributed by atoms with Crippen molar-refractivity contribution in [2.24, 2.45) is 0 Å². The quantitative estimate of drug-likeness (QED) is 0.690. The number of ether oxygens (including phenoxy) is 1. The van der Waals surface area contributed by atoms with Gasteiger partial charge in [0.05, 0.1) is 43.3 Å². The van der Waals surface area contributed by atoms with Crippen LogP contribution in [0.5, 0.6) is 0 Å². The lowest BCUT2D eigenvalue weighted by molar-refractivity contribution is -0.134. The summed E-state index contributed by atoms with van der Waals surface area (Å²) in [4.78, 5) is 18.7. The smallest absolute Gasteiger partial charge is 0.227 e. The van der Waals surface area contributed by atoms with Gasteiger partial charge in [-0.15, -0.1) is 0 Å². The molecule has 1 saturated heterocycles. The molecule has 2 aliphatic heterocycles. The standard InChI is InChI=1S/C18H21ClN4O4S/c1-12-9-23-15(16(8-21-23)28(25,26)14-3-5-27-11-14)10-22(12)18(24)7-13-2-4-20-17(19)6-13/h2,4,6,8,12,14H,3,5,7,9-11H2,1H3/t12-,14?/m0/s1. The molecule has 2 aliphatic rings. The van der Waals surface area contributed by atoms with Gasteiger partial charge in [0.2, 0.25) is 5.91 Å². The van der Waals surface area contributed by atoms with E-state index in [0.29, 0.717) is 30.4 Å². The summed E-state index contributed by atoms with van der Waals surface area (Å²) in [5.74, 6) is -0.0882. The number of amides is 1. The second-order valence-electron chi connectivity index (χ2n) is 7.20. The van der Waals surface area contributed by atoms with E-state index in [0.717, 1.165) is 5.56 Å². The van der Waals surface area contributed by atoms with E-state index in [1.807, 2.05) is 6.92 Å². The molecule has 8 nitrogen and oxygen atoms in total. The molecule has 2 aromatic rings. The second-order valence-corrected chi connectivity index (χ2v) is 9.79. The average molecular weight is 425 g/mol. The first-order valence-electron chi connectivity index (χ1n) is 9.12. The Balaban J connectivity index is 1.58. The van der Waals surface area contributed by atoms with Crippen molar-refractivity contribution < 1.29 is 17.9 Å². The van der Waals surface area contributed by atoms with E-state index in [1.54, 1.807) is 27.9 Å². The zero-order valence-corrected chi connectivity index (χ0v) is 17.0. The Kier molecular flexibility index (Phi) is 5.15. The largest absolute Gasteiger partial charge is 0.380 e. The van der Waals surface area contributed by atoms with Gasteiger partial charge in [0.1, 0.15) is 10.0 Å². The van der Waals surface area contributed by atoms with Gasteiger partial charge in [-0.1, -0.05) is 11.6 Å². The van der Waals surface area contributed by atoms with Crippen LogP contribution in [0.2, 0.25) is 5.15 Å². The van der Waals surface area contributed by atoms with E-state index in [4.69, 9.17) is 16.3 Å². The van der Waals surface area contributed by atoms with Crippen molar-refractivity contribution in [2.45, 2.75) is 49.0 Å². The molecule has 0 spiro atoms. The molecule has 10 heteroatoms. The Hall–Kier alpha value is -1.97. The fourth-order valence-electron chi connectivity index (χ4n) is 3.71. The van der Waals surface area contributed by atoms with Crippen molar-refractivity contribution >= 4 is 27.3 Å². The van der Waals surface area contributed by atoms with Crippen LogP contribution in [0, 0.1) is 0 Å². The van der Waals surface area contributed by atoms with E-state index in [1.165, 1.54) is 6.20 Å². The van der Waals surface area contributed by atoms with E-state index in [2.05, 4.69) is 10.1 Å². The highest BCUT2D eigenvalue weighted by molar-refractivity contribution is 7.92. The van der Waals surface area contributed by atoms with Crippen molar-refractivity contribution in [3.63, 3.8) is 0 Å². The van der Waals surface area contributed by atoms with Crippen LogP contribution in [0.4, 0.5) is 0 Å². The molecule has 28 heavy (non-hydrogen) atoms. The predicted molar refractivity (Wildman–Crippen MR) is 102 cm³/mol. The fraction of sp³-hybridized carbons (Fsp3) is 0.500. The molecule has 0 bridgehead atoms. The Morgan fingerprint density at radius 3 is 2.96 bits per heavy atom. The maximum Gasteiger partial charge on any atom is 0.227 e. The molecule has 1 fully saturated rings. The molecule has 2 aromatic heterocycles. The lowest BCUT2D eigenvalue weighted by atomic mass is 10.1. The third kappa shape index (κ3) is 3.54. The summed E-state index contributed by atoms with van der Waals surface area (Å²) in [5, 5.41) is 4.05. The number of fused-ring (bicyclic) bond motifs is 1. The highest BCUT2D eigenvalue weighted by Gasteiger charge is 2.37. The number of hydrogen-bond donors (Lipinski definition) is 0. The molecule has 0 aromatic carbocycles. The van der Waals surface area contributed by atoms with Gasteiger partial charge in [0, 0.05) is 18.8 Å². The van der Waals surface area contributed by atoms with Crippen molar-refractivity contribution in [1.29, 1.82) is 0 Å². The SMILES string of the molecule is C[C@H]1Cn2ncc(S(=O)(=O)C3CCOC3)c2CN1C(=O)Cc1ccnc(Cl)c1. The topological polar surface area (TPSA) is 94.4 Å². The van der Waals surface area contributed by atoms with Crippen LogP contribution >= 0.6 is 11.6 Å². The molecular weight excluding hydrogens is 404 g/mol. The Morgan fingerprint density at radius 2 is 2.25 bits per heavy atom. The van der Waals surface area contributed by atoms with Crippen molar-refractivity contribution in [1.82, 2.24) is 19.7 Å². The summed E-state index contributed by atoms with van der Waals surface area (Å²) in [7, 11) is -3.54. The molecule has 0 saturated carbocycles. The van der Waals surface area contributed by atoms with E-state index >= 15 is 0 Å². The Morgan fingerprint density at radius 1 is 1.43 bits per heavy atom. The number of rotatable bonds is 4. The van der Waals surface area contributed by atoms with Crippen molar-refractivity contribution in [3.05, 3.63) is 40.9 Å². The molecule has 2 atom stereocenters. The maximum absolute atomic E-state index is 13.0. The van der Waals surface area contributed by atoms with Gasteiger partial charge in [-0.05, 0) is 31.0 Å². The Labute approximate surface area is 168 Å². The van der Waals surface area contributed by atoms with E-state index in [-0.39, 0.29) is 36.4 Å². The van der Waals surface area contributed by atoms with Gasteiger partial charge in [-0.2, -0.15) is 5.10 Å². The molecule has 0 radical (unpaired) electrons. The number of sulfone groups is 1. The maximum atomic E-state index is 13.0. The van der Waals surface area contributed by atoms with Crippen LogP contribution in [0.15, 0.2) is 29.4 Å². The molecule has 0 N–H and O–H groups in total. The summed E-state index contributed by atoms with van der Waals surface area (Å²) in [6, 6.07) is 3.31. The molecule has 1 unspecified atom stereocenters. The van der Waals surface area contributed by atoms with Crippen LogP contribution in [0.3, 0.4) is 0 Å². The highest BCUT2D eigenvalue weighted by Crippen LogP contribution is 2.29. The number of aromatic nitrogens is 3. The van der Waals surface area contributed by atoms with Gasteiger partial charge in [-0.25, -0.2) is 13.4 Å². The summed E-state index contributed by atoms with van der Waals surface area (Å²) in [5.41, 5.74) is 1.33. The molecule has 4 heterocycles. The first-order chi connectivity index (χ1) is 13.4. The number of nitrogens with zero attached hydrogens (tertiary/aromatic N) is 4. The average Bonchev–Trinajstić information content (AvgIpc) is 3.31. The van der Waals surface area contributed by atoms with Gasteiger partial charge < -0.3 is 9.64 Å². The lowest BCUT2D eigenvalue weighted by Crippen LogP contribution is -2.46. The van der Waals surface area contributed by atoms with Gasteiger partial charge in [-0.3, -0.25) is 9.48 Å². The number of carbonyl (C=O) groups is 1. The van der Waals surface area contributed by atoms with Gasteiger partial charge >= 0.3 is 0 Å². The van der Waals surface area contributed by atoms with Gasteiger partial charge in [0.15, 0.2) is 9.84 Å². The summed E-state index contributed by atoms with van der Waals surface area (Å²) < 4.78 is 32.9. The Bertz CT molecular complexity index is 1000. The third-order valence-corrected chi connectivity index (χ3v) is 7.71. The minimum Gasteiger partial charge on any atom is -0.380 e. The van der Waals surface area contributed by atoms with Crippen molar-refractivity contribution in [2.75, 3.05) is 13.2 Å². The number of hydrogen-bond acceptors (Lipinski definition) is 6. The zero-order valence-electron chi connectivity index (χ0n) is 15.4. The predicted octanol–water partition coefficient (Wildman–Crippen LogP) is 1.47. The summed E-state index contributed by atoms with van der Waals surface area (Å²) in [6.07, 6.45) is 3.63. The van der Waals surface area contributed by atoms with Crippen LogP contribution in [-0.4, -0.2) is 58.5 Å². The highest BCUT2D eigenvalue weighted by atomic mass is 35.5. The first-order valence-corrected chi connectivity index (χ1v) is 11.0. The van der Waals surface area contributed by atoms with E-state index in [9.17, 15) is 13.2 Å². The minimum atomic E-state index is -3.54. The normalized spacial score (nSPS) is 22.3. The number of halogens is 1. The molecule has 1 amide bonds. The summed E-state index contributed by atoms with van der Waals surface area (Å²) in [6.45, 7) is 3.25. The van der Waals surface area contributed by atoms with Crippen LogP contribution in [0.25, 0.3) is 0 Å². The molecule has 150 valence electrons. The molecule has 4 rings (SSSR count). The van der Waals surface area contributed by atoms with Gasteiger partial charge in [0.25, 0.3) is 0 Å². The first kappa shape index (κ1) is 19.4. The third-order valence-electron chi connectivity index (χ3n) is 5.30. The van der Waals surface area contributed by atoms with Crippen LogP contribution in [-0.2, 0) is 38.9 Å². The van der Waals surface area contributed by atoms with Crippen LogP contribution < -0.4 is 0 Å². The lowest BCUT2D eigenvalue weighted by Gasteiger charge is -2.34. The van der Waals surface area contributed by atoms with E-state index < -0.39 is 15.1 Å². The molecule has 0 aliphatic carbocycles. The monoisotopic (exact) mass is 424 g/mol. The number of carbonyl (C=O) groups excluding carboxylic acids is 1. The molecular formula is C18H21ClN4O4S. The fourth-order valence-corrected chi connectivity index (χ4v) is 5.64. The second kappa shape index (κ2) is 7.46. The van der Waals surface area contributed by atoms with Crippen LogP contribution in [0.1, 0.15) is 24.6 Å². The zero-order chi connectivity index (χ0) is 19.9.